The van der Waals surface area contributed by atoms with E-state index >= 15 is 0 Å². The van der Waals surface area contributed by atoms with Gasteiger partial charge in [-0.05, 0) is 24.3 Å². The van der Waals surface area contributed by atoms with Crippen molar-refractivity contribution in [3.63, 3.8) is 0 Å². The summed E-state index contributed by atoms with van der Waals surface area (Å²) in [6.07, 6.45) is 1.67. The van der Waals surface area contributed by atoms with E-state index in [1.807, 2.05) is 18.2 Å². The van der Waals surface area contributed by atoms with Gasteiger partial charge < -0.3 is 9.52 Å². The van der Waals surface area contributed by atoms with Gasteiger partial charge in [-0.3, -0.25) is 0 Å². The van der Waals surface area contributed by atoms with Crippen LogP contribution in [-0.2, 0) is 0 Å². The lowest BCUT2D eigenvalue weighted by Crippen LogP contribution is -1.63. The quantitative estimate of drug-likeness (QED) is 0.589. The Morgan fingerprint density at radius 1 is 1.15 bits per heavy atom. The molecule has 0 amide bonds. The highest BCUT2D eigenvalue weighted by Crippen LogP contribution is 2.33. The molecular weight excluding hydrogens is 184 g/mol. The Bertz CT molecular complexity index is 529. The fraction of sp³-hybridized carbons (Fsp3) is 0. The Labute approximate surface area is 78.0 Å². The summed E-state index contributed by atoms with van der Waals surface area (Å²) in [7, 11) is 0. The highest BCUT2D eigenvalue weighted by Gasteiger charge is 2.03. The van der Waals surface area contributed by atoms with Gasteiger partial charge in [-0.25, -0.2) is 0 Å². The third kappa shape index (κ3) is 0.939. The second kappa shape index (κ2) is 2.26. The van der Waals surface area contributed by atoms with E-state index in [1.54, 1.807) is 12.3 Å². The largest absolute Gasteiger partial charge is 0.499 e. The number of thiophene rings is 1. The predicted molar refractivity (Wildman–Crippen MR) is 53.3 cm³/mol. The van der Waals surface area contributed by atoms with Gasteiger partial charge in [-0.15, -0.1) is 0 Å². The molecule has 0 atom stereocenters. The molecule has 64 valence electrons. The molecule has 1 N–H and O–H groups in total. The molecule has 2 aromatic heterocycles. The fourth-order valence-electron chi connectivity index (χ4n) is 1.48. The predicted octanol–water partition coefficient (Wildman–Crippen LogP) is 3.35. The number of hydrogen-bond donors (Lipinski definition) is 1. The first-order chi connectivity index (χ1) is 6.33. The van der Waals surface area contributed by atoms with Crippen molar-refractivity contribution >= 4 is 32.4 Å². The maximum atomic E-state index is 9.29. The van der Waals surface area contributed by atoms with Crippen LogP contribution in [0.15, 0.2) is 34.9 Å². The van der Waals surface area contributed by atoms with Crippen molar-refractivity contribution in [2.24, 2.45) is 0 Å². The Hall–Kier alpha value is -1.48. The Morgan fingerprint density at radius 3 is 3.00 bits per heavy atom. The first-order valence-corrected chi connectivity index (χ1v) is 4.74. The average molecular weight is 190 g/mol. The number of rotatable bonds is 0. The van der Waals surface area contributed by atoms with E-state index in [-0.39, 0.29) is 0 Å². The van der Waals surface area contributed by atoms with Crippen LogP contribution in [0.2, 0.25) is 0 Å². The number of aromatic hydroxyl groups is 1. The topological polar surface area (TPSA) is 33.4 Å². The zero-order chi connectivity index (χ0) is 8.84. The van der Waals surface area contributed by atoms with E-state index < -0.39 is 0 Å². The lowest BCUT2D eigenvalue weighted by Gasteiger charge is -1.88. The van der Waals surface area contributed by atoms with Crippen molar-refractivity contribution in [1.82, 2.24) is 0 Å². The van der Waals surface area contributed by atoms with Crippen LogP contribution in [0.4, 0.5) is 0 Å². The van der Waals surface area contributed by atoms with Gasteiger partial charge in [0.2, 0.25) is 0 Å². The molecule has 1 aromatic carbocycles. The van der Waals surface area contributed by atoms with Crippen LogP contribution >= 0.6 is 11.3 Å². The summed E-state index contributed by atoms with van der Waals surface area (Å²) in [5, 5.41) is 11.7. The molecule has 2 nitrogen and oxygen atoms in total. The minimum absolute atomic E-state index is 0.350. The summed E-state index contributed by atoms with van der Waals surface area (Å²) in [5.74, 6) is 0. The van der Waals surface area contributed by atoms with E-state index in [9.17, 15) is 5.11 Å². The van der Waals surface area contributed by atoms with Crippen LogP contribution in [0.25, 0.3) is 21.1 Å². The summed E-state index contributed by atoms with van der Waals surface area (Å²) in [6.45, 7) is 0. The van der Waals surface area contributed by atoms with Gasteiger partial charge in [0.05, 0.1) is 6.26 Å². The van der Waals surface area contributed by atoms with Crippen molar-refractivity contribution in [3.8, 4) is 5.06 Å². The lowest BCUT2D eigenvalue weighted by molar-refractivity contribution is 0.491. The molecule has 0 aliphatic rings. The molecule has 0 unspecified atom stereocenters. The number of hydrogen-bond acceptors (Lipinski definition) is 3. The van der Waals surface area contributed by atoms with Crippen molar-refractivity contribution in [1.29, 1.82) is 0 Å². The summed E-state index contributed by atoms with van der Waals surface area (Å²) < 4.78 is 6.35. The number of fused-ring (bicyclic) bond motifs is 2. The van der Waals surface area contributed by atoms with Crippen LogP contribution in [0.1, 0.15) is 0 Å². The van der Waals surface area contributed by atoms with Crippen LogP contribution in [-0.4, -0.2) is 5.11 Å². The molecular formula is C10H6O2S. The highest BCUT2D eigenvalue weighted by atomic mass is 32.1. The first-order valence-electron chi connectivity index (χ1n) is 3.93. The maximum absolute atomic E-state index is 9.29. The maximum Gasteiger partial charge on any atom is 0.172 e. The van der Waals surface area contributed by atoms with Gasteiger partial charge in [-0.1, -0.05) is 11.3 Å². The Kier molecular flexibility index (Phi) is 1.21. The average Bonchev–Trinajstić information content (AvgIpc) is 2.63. The Morgan fingerprint density at radius 2 is 2.08 bits per heavy atom. The van der Waals surface area contributed by atoms with E-state index in [2.05, 4.69) is 0 Å². The molecule has 3 rings (SSSR count). The van der Waals surface area contributed by atoms with Gasteiger partial charge in [0, 0.05) is 15.5 Å². The zero-order valence-corrected chi connectivity index (χ0v) is 7.47. The van der Waals surface area contributed by atoms with Crippen LogP contribution in [0.5, 0.6) is 5.06 Å². The molecule has 0 aliphatic heterocycles. The van der Waals surface area contributed by atoms with Crippen molar-refractivity contribution in [2.75, 3.05) is 0 Å². The standard InChI is InChI=1S/C10H6O2S/c11-10-5-7-3-8-6(1-2-12-8)4-9(7)13-10/h1-5,11H. The summed E-state index contributed by atoms with van der Waals surface area (Å²) in [5.41, 5.74) is 0.866. The van der Waals surface area contributed by atoms with Gasteiger partial charge in [-0.2, -0.15) is 0 Å². The Balaban J connectivity index is 2.54. The van der Waals surface area contributed by atoms with Crippen molar-refractivity contribution < 1.29 is 9.52 Å². The molecule has 3 aromatic rings. The second-order valence-electron chi connectivity index (χ2n) is 2.93. The SMILES string of the molecule is Oc1cc2cc3occc3cc2s1. The van der Waals surface area contributed by atoms with Crippen molar-refractivity contribution in [3.05, 3.63) is 30.5 Å². The summed E-state index contributed by atoms with van der Waals surface area (Å²) >= 11 is 1.38. The minimum atomic E-state index is 0.350. The minimum Gasteiger partial charge on any atom is -0.499 e. The van der Waals surface area contributed by atoms with Crippen molar-refractivity contribution in [2.45, 2.75) is 0 Å². The molecule has 0 spiro atoms. The third-order valence-corrected chi connectivity index (χ3v) is 2.98. The van der Waals surface area contributed by atoms with Crippen LogP contribution in [0.3, 0.4) is 0 Å². The highest BCUT2D eigenvalue weighted by molar-refractivity contribution is 7.20. The van der Waals surface area contributed by atoms with Gasteiger partial charge in [0.25, 0.3) is 0 Å². The molecule has 13 heavy (non-hydrogen) atoms. The fourth-order valence-corrected chi connectivity index (χ4v) is 2.31. The number of benzene rings is 1. The second-order valence-corrected chi connectivity index (χ2v) is 4.00. The van der Waals surface area contributed by atoms with Gasteiger partial charge >= 0.3 is 0 Å². The molecule has 0 fully saturated rings. The number of furan rings is 1. The summed E-state index contributed by atoms with van der Waals surface area (Å²) in [6, 6.07) is 7.65. The van der Waals surface area contributed by atoms with E-state index in [0.29, 0.717) is 5.06 Å². The van der Waals surface area contributed by atoms with E-state index in [1.165, 1.54) is 11.3 Å². The smallest absolute Gasteiger partial charge is 0.172 e. The molecule has 0 aliphatic carbocycles. The monoisotopic (exact) mass is 190 g/mol. The van der Waals surface area contributed by atoms with Gasteiger partial charge in [0.1, 0.15) is 5.58 Å². The molecule has 0 radical (unpaired) electrons. The van der Waals surface area contributed by atoms with E-state index in [0.717, 1.165) is 21.1 Å². The lowest BCUT2D eigenvalue weighted by atomic mass is 10.2. The first kappa shape index (κ1) is 6.97. The molecule has 0 saturated heterocycles. The molecule has 2 heterocycles. The molecule has 0 bridgehead atoms. The van der Waals surface area contributed by atoms with Crippen LogP contribution in [0, 0.1) is 0 Å². The van der Waals surface area contributed by atoms with Gasteiger partial charge in [0.15, 0.2) is 5.06 Å². The zero-order valence-electron chi connectivity index (χ0n) is 6.65. The summed E-state index contributed by atoms with van der Waals surface area (Å²) in [4.78, 5) is 0. The normalized spacial score (nSPS) is 11.4. The molecule has 3 heteroatoms. The molecule has 0 saturated carbocycles. The van der Waals surface area contributed by atoms with Crippen LogP contribution < -0.4 is 0 Å². The van der Waals surface area contributed by atoms with E-state index in [4.69, 9.17) is 4.42 Å². The third-order valence-electron chi connectivity index (χ3n) is 2.08.